The predicted molar refractivity (Wildman–Crippen MR) is 67.1 cm³/mol. The van der Waals surface area contributed by atoms with Crippen LogP contribution < -0.4 is 0 Å². The van der Waals surface area contributed by atoms with E-state index in [9.17, 15) is 14.7 Å². The summed E-state index contributed by atoms with van der Waals surface area (Å²) in [5, 5.41) is 20.4. The van der Waals surface area contributed by atoms with Crippen molar-refractivity contribution in [3.63, 3.8) is 0 Å². The first-order valence-electron chi connectivity index (χ1n) is 5.42. The van der Waals surface area contributed by atoms with Gasteiger partial charge in [-0.25, -0.2) is 4.79 Å². The summed E-state index contributed by atoms with van der Waals surface area (Å²) in [5.74, 6) is -1.45. The maximum atomic E-state index is 12.1. The van der Waals surface area contributed by atoms with Crippen LogP contribution in [0.2, 0.25) is 4.34 Å². The molecule has 1 fully saturated rings. The summed E-state index contributed by atoms with van der Waals surface area (Å²) in [5.41, 5.74) is -1.28. The molecule has 1 aliphatic heterocycles. The fraction of sp³-hybridized carbons (Fsp3) is 0.455. The molecule has 1 aromatic heterocycles. The minimum absolute atomic E-state index is 0.0375. The number of carboxylic acid groups (broad SMARTS) is 1. The first kappa shape index (κ1) is 13.3. The van der Waals surface area contributed by atoms with E-state index in [1.165, 1.54) is 16.2 Å². The highest BCUT2D eigenvalue weighted by Crippen LogP contribution is 2.27. The van der Waals surface area contributed by atoms with Crippen molar-refractivity contribution in [2.24, 2.45) is 0 Å². The van der Waals surface area contributed by atoms with Gasteiger partial charge in [0.25, 0.3) is 5.91 Å². The standard InChI is InChI=1S/C11H12ClNO4S/c12-8-7(1-6-18-8)9(14)13-4-2-11(17,3-5-13)10(15)16/h1,6,17H,2-5H2,(H,15,16). The van der Waals surface area contributed by atoms with Gasteiger partial charge in [0.2, 0.25) is 0 Å². The van der Waals surface area contributed by atoms with Gasteiger partial charge in [0.05, 0.1) is 5.56 Å². The van der Waals surface area contributed by atoms with Gasteiger partial charge >= 0.3 is 5.97 Å². The molecule has 0 aromatic carbocycles. The fourth-order valence-corrected chi connectivity index (χ4v) is 2.81. The lowest BCUT2D eigenvalue weighted by Crippen LogP contribution is -2.50. The van der Waals surface area contributed by atoms with E-state index in [0.717, 1.165) is 0 Å². The molecule has 2 heterocycles. The molecular weight excluding hydrogens is 278 g/mol. The summed E-state index contributed by atoms with van der Waals surface area (Å²) in [6, 6.07) is 1.65. The van der Waals surface area contributed by atoms with Crippen molar-refractivity contribution in [1.82, 2.24) is 4.90 Å². The third kappa shape index (κ3) is 2.36. The Labute approximate surface area is 113 Å². The molecule has 0 spiro atoms. The van der Waals surface area contributed by atoms with Crippen molar-refractivity contribution >= 4 is 34.8 Å². The molecule has 0 saturated carbocycles. The first-order valence-corrected chi connectivity index (χ1v) is 6.68. The number of carbonyl (C=O) groups excluding carboxylic acids is 1. The molecule has 98 valence electrons. The van der Waals surface area contributed by atoms with Crippen LogP contribution in [0.25, 0.3) is 0 Å². The van der Waals surface area contributed by atoms with Crippen LogP contribution in [0.1, 0.15) is 23.2 Å². The number of aliphatic hydroxyl groups is 1. The van der Waals surface area contributed by atoms with Crippen LogP contribution >= 0.6 is 22.9 Å². The molecule has 5 nitrogen and oxygen atoms in total. The van der Waals surface area contributed by atoms with Crippen LogP contribution in [0.4, 0.5) is 0 Å². The third-order valence-electron chi connectivity index (χ3n) is 3.12. The van der Waals surface area contributed by atoms with E-state index in [1.54, 1.807) is 11.4 Å². The molecule has 1 amide bonds. The Balaban J connectivity index is 2.05. The van der Waals surface area contributed by atoms with E-state index < -0.39 is 11.6 Å². The van der Waals surface area contributed by atoms with Gasteiger partial charge in [-0.15, -0.1) is 11.3 Å². The average Bonchev–Trinajstić information content (AvgIpc) is 2.75. The van der Waals surface area contributed by atoms with Crippen LogP contribution in [0, 0.1) is 0 Å². The maximum Gasteiger partial charge on any atom is 0.335 e. The average molecular weight is 290 g/mol. The maximum absolute atomic E-state index is 12.1. The number of amides is 1. The van der Waals surface area contributed by atoms with Gasteiger partial charge in [-0.1, -0.05) is 11.6 Å². The van der Waals surface area contributed by atoms with E-state index >= 15 is 0 Å². The number of halogens is 1. The Morgan fingerprint density at radius 1 is 1.39 bits per heavy atom. The molecule has 1 saturated heterocycles. The lowest BCUT2D eigenvalue weighted by molar-refractivity contribution is -0.162. The quantitative estimate of drug-likeness (QED) is 0.864. The molecule has 2 rings (SSSR count). The largest absolute Gasteiger partial charge is 0.479 e. The lowest BCUT2D eigenvalue weighted by atomic mass is 9.91. The number of piperidine rings is 1. The van der Waals surface area contributed by atoms with Crippen LogP contribution in [0.3, 0.4) is 0 Å². The molecule has 1 aliphatic rings. The molecular formula is C11H12ClNO4S. The van der Waals surface area contributed by atoms with Gasteiger partial charge in [0, 0.05) is 25.9 Å². The van der Waals surface area contributed by atoms with E-state index in [4.69, 9.17) is 16.7 Å². The summed E-state index contributed by atoms with van der Waals surface area (Å²) >= 11 is 7.16. The molecule has 0 bridgehead atoms. The number of thiophene rings is 1. The van der Waals surface area contributed by atoms with Crippen molar-refractivity contribution in [3.8, 4) is 0 Å². The predicted octanol–water partition coefficient (Wildman–Crippen LogP) is 1.45. The number of likely N-dealkylation sites (tertiary alicyclic amines) is 1. The molecule has 7 heteroatoms. The van der Waals surface area contributed by atoms with E-state index in [2.05, 4.69) is 0 Å². The summed E-state index contributed by atoms with van der Waals surface area (Å²) in [6.07, 6.45) is 0.0751. The van der Waals surface area contributed by atoms with Gasteiger partial charge in [-0.3, -0.25) is 4.79 Å². The molecule has 0 radical (unpaired) electrons. The number of nitrogens with zero attached hydrogens (tertiary/aromatic N) is 1. The van der Waals surface area contributed by atoms with E-state index in [0.29, 0.717) is 9.90 Å². The first-order chi connectivity index (χ1) is 8.44. The van der Waals surface area contributed by atoms with Crippen molar-refractivity contribution in [1.29, 1.82) is 0 Å². The fourth-order valence-electron chi connectivity index (χ4n) is 1.91. The molecule has 0 unspecified atom stereocenters. The second-order valence-electron chi connectivity index (χ2n) is 4.24. The van der Waals surface area contributed by atoms with Gasteiger partial charge in [-0.2, -0.15) is 0 Å². The SMILES string of the molecule is O=C(c1ccsc1Cl)N1CCC(O)(C(=O)O)CC1. The summed E-state index contributed by atoms with van der Waals surface area (Å²) in [7, 11) is 0. The minimum atomic E-state index is -1.71. The smallest absolute Gasteiger partial charge is 0.335 e. The zero-order valence-corrected chi connectivity index (χ0v) is 11.0. The third-order valence-corrected chi connectivity index (χ3v) is 4.29. The Morgan fingerprint density at radius 3 is 2.44 bits per heavy atom. The number of hydrogen-bond donors (Lipinski definition) is 2. The molecule has 2 N–H and O–H groups in total. The molecule has 18 heavy (non-hydrogen) atoms. The topological polar surface area (TPSA) is 77.8 Å². The Kier molecular flexibility index (Phi) is 3.61. The second kappa shape index (κ2) is 4.87. The monoisotopic (exact) mass is 289 g/mol. The summed E-state index contributed by atoms with van der Waals surface area (Å²) < 4.78 is 0.430. The van der Waals surface area contributed by atoms with Crippen LogP contribution in [0.15, 0.2) is 11.4 Å². The summed E-state index contributed by atoms with van der Waals surface area (Å²) in [4.78, 5) is 24.5. The molecule has 0 aliphatic carbocycles. The number of carbonyl (C=O) groups is 2. The van der Waals surface area contributed by atoms with Crippen molar-refractivity contribution in [3.05, 3.63) is 21.3 Å². The van der Waals surface area contributed by atoms with Crippen LogP contribution in [-0.4, -0.2) is 45.7 Å². The zero-order chi connectivity index (χ0) is 13.3. The highest BCUT2D eigenvalue weighted by atomic mass is 35.5. The number of carboxylic acids is 1. The van der Waals surface area contributed by atoms with E-state index in [-0.39, 0.29) is 31.8 Å². The van der Waals surface area contributed by atoms with Gasteiger partial charge in [0.1, 0.15) is 4.34 Å². The second-order valence-corrected chi connectivity index (χ2v) is 5.76. The molecule has 1 aromatic rings. The summed E-state index contributed by atoms with van der Waals surface area (Å²) in [6.45, 7) is 0.432. The number of hydrogen-bond acceptors (Lipinski definition) is 4. The van der Waals surface area contributed by atoms with Crippen molar-refractivity contribution < 1.29 is 19.8 Å². The lowest BCUT2D eigenvalue weighted by Gasteiger charge is -2.35. The Morgan fingerprint density at radius 2 is 2.00 bits per heavy atom. The van der Waals surface area contributed by atoms with Gasteiger partial charge in [-0.05, 0) is 11.4 Å². The molecule has 0 atom stereocenters. The van der Waals surface area contributed by atoms with Gasteiger partial charge in [0.15, 0.2) is 5.60 Å². The highest BCUT2D eigenvalue weighted by Gasteiger charge is 2.40. The van der Waals surface area contributed by atoms with Crippen LogP contribution in [-0.2, 0) is 4.79 Å². The highest BCUT2D eigenvalue weighted by molar-refractivity contribution is 7.14. The Hall–Kier alpha value is -1.11. The number of aliphatic carboxylic acids is 1. The van der Waals surface area contributed by atoms with Crippen molar-refractivity contribution in [2.45, 2.75) is 18.4 Å². The van der Waals surface area contributed by atoms with Crippen molar-refractivity contribution in [2.75, 3.05) is 13.1 Å². The van der Waals surface area contributed by atoms with Gasteiger partial charge < -0.3 is 15.1 Å². The zero-order valence-electron chi connectivity index (χ0n) is 9.43. The number of rotatable bonds is 2. The Bertz CT molecular complexity index is 479. The van der Waals surface area contributed by atoms with Crippen LogP contribution in [0.5, 0.6) is 0 Å². The van der Waals surface area contributed by atoms with E-state index in [1.807, 2.05) is 0 Å². The normalized spacial score (nSPS) is 18.7. The minimum Gasteiger partial charge on any atom is -0.479 e.